The van der Waals surface area contributed by atoms with Gasteiger partial charge in [0.15, 0.2) is 11.5 Å². The minimum Gasteiger partial charge on any atom is -0.487 e. The standard InChI is InChI=1S/C28H27N3O3S/c1-18-14-23(30(2)29-18)28(32)31-11-12-33-27-21(17-31)15-20(26-8-5-13-35-26)16-25(27)34-24-10-9-19-6-3-4-7-22(19)24/h3-8,13-16,24H,9-12,17H2,1-2H3/t24-/m1/s1. The maximum Gasteiger partial charge on any atom is 0.272 e. The fraction of sp³-hybridized carbons (Fsp3) is 0.286. The number of benzene rings is 2. The number of amides is 1. The first-order valence-electron chi connectivity index (χ1n) is 11.9. The van der Waals surface area contributed by atoms with Crippen LogP contribution >= 0.6 is 11.3 Å². The van der Waals surface area contributed by atoms with Crippen LogP contribution in [0.25, 0.3) is 10.4 Å². The van der Waals surface area contributed by atoms with Gasteiger partial charge in [0.05, 0.1) is 12.2 Å². The summed E-state index contributed by atoms with van der Waals surface area (Å²) >= 11 is 1.69. The third kappa shape index (κ3) is 4.10. The Labute approximate surface area is 208 Å². The smallest absolute Gasteiger partial charge is 0.272 e. The minimum absolute atomic E-state index is 0.00380. The van der Waals surface area contributed by atoms with Gasteiger partial charge < -0.3 is 14.4 Å². The van der Waals surface area contributed by atoms with E-state index in [1.807, 2.05) is 24.9 Å². The van der Waals surface area contributed by atoms with E-state index in [-0.39, 0.29) is 12.0 Å². The van der Waals surface area contributed by atoms with Gasteiger partial charge >= 0.3 is 0 Å². The van der Waals surface area contributed by atoms with E-state index in [4.69, 9.17) is 9.47 Å². The Morgan fingerprint density at radius 3 is 2.83 bits per heavy atom. The van der Waals surface area contributed by atoms with Crippen LogP contribution in [-0.2, 0) is 20.0 Å². The summed E-state index contributed by atoms with van der Waals surface area (Å²) in [5.74, 6) is 1.45. The molecule has 0 unspecified atom stereocenters. The molecule has 0 radical (unpaired) electrons. The highest BCUT2D eigenvalue weighted by atomic mass is 32.1. The summed E-state index contributed by atoms with van der Waals surface area (Å²) in [6, 6.07) is 18.7. The zero-order valence-electron chi connectivity index (χ0n) is 19.9. The Bertz CT molecular complexity index is 1390. The van der Waals surface area contributed by atoms with Crippen molar-refractivity contribution < 1.29 is 14.3 Å². The molecule has 2 aliphatic rings. The zero-order chi connectivity index (χ0) is 23.9. The lowest BCUT2D eigenvalue weighted by molar-refractivity contribution is 0.0722. The Kier molecular flexibility index (Phi) is 5.57. The van der Waals surface area contributed by atoms with Gasteiger partial charge in [-0.15, -0.1) is 11.3 Å². The summed E-state index contributed by atoms with van der Waals surface area (Å²) in [6.07, 6.45) is 1.96. The van der Waals surface area contributed by atoms with E-state index in [1.165, 1.54) is 11.1 Å². The number of thiophene rings is 1. The number of aromatic nitrogens is 2. The van der Waals surface area contributed by atoms with E-state index in [1.54, 1.807) is 16.0 Å². The molecule has 0 fully saturated rings. The summed E-state index contributed by atoms with van der Waals surface area (Å²) < 4.78 is 14.6. The van der Waals surface area contributed by atoms with Gasteiger partial charge in [0, 0.05) is 24.0 Å². The first-order chi connectivity index (χ1) is 17.1. The van der Waals surface area contributed by atoms with Gasteiger partial charge in [-0.25, -0.2) is 0 Å². The largest absolute Gasteiger partial charge is 0.487 e. The van der Waals surface area contributed by atoms with E-state index < -0.39 is 0 Å². The van der Waals surface area contributed by atoms with Crippen molar-refractivity contribution in [2.75, 3.05) is 13.2 Å². The first-order valence-corrected chi connectivity index (χ1v) is 12.8. The SMILES string of the molecule is Cc1cc(C(=O)N2CCOc3c(cc(-c4cccs4)cc3O[C@@H]3CCc4ccccc43)C2)n(C)n1. The fourth-order valence-corrected chi connectivity index (χ4v) is 5.81. The van der Waals surface area contributed by atoms with Crippen molar-refractivity contribution in [3.05, 3.63) is 88.1 Å². The van der Waals surface area contributed by atoms with Crippen molar-refractivity contribution in [3.63, 3.8) is 0 Å². The van der Waals surface area contributed by atoms with Crippen LogP contribution in [-0.4, -0.2) is 33.7 Å². The van der Waals surface area contributed by atoms with Crippen molar-refractivity contribution in [1.82, 2.24) is 14.7 Å². The zero-order valence-corrected chi connectivity index (χ0v) is 20.7. The molecule has 0 saturated carbocycles. The molecular formula is C28H27N3O3S. The normalized spacial score (nSPS) is 16.9. The molecule has 1 amide bonds. The lowest BCUT2D eigenvalue weighted by atomic mass is 10.1. The maximum absolute atomic E-state index is 13.4. The number of rotatable bonds is 4. The molecular weight excluding hydrogens is 458 g/mol. The first kappa shape index (κ1) is 21.9. The number of carbonyl (C=O) groups is 1. The van der Waals surface area contributed by atoms with Crippen molar-refractivity contribution in [2.45, 2.75) is 32.4 Å². The van der Waals surface area contributed by atoms with Gasteiger partial charge in [-0.3, -0.25) is 9.48 Å². The van der Waals surface area contributed by atoms with Crippen LogP contribution < -0.4 is 9.47 Å². The van der Waals surface area contributed by atoms with Gasteiger partial charge in [-0.05, 0) is 66.1 Å². The molecule has 1 atom stereocenters. The van der Waals surface area contributed by atoms with Crippen LogP contribution in [0.3, 0.4) is 0 Å². The third-order valence-electron chi connectivity index (χ3n) is 6.76. The summed E-state index contributed by atoms with van der Waals surface area (Å²) in [5.41, 5.74) is 6.05. The molecule has 0 saturated heterocycles. The summed E-state index contributed by atoms with van der Waals surface area (Å²) in [4.78, 5) is 16.4. The van der Waals surface area contributed by atoms with Crippen LogP contribution in [0.5, 0.6) is 11.5 Å². The number of carbonyl (C=O) groups excluding carboxylic acids is 1. The molecule has 2 aromatic carbocycles. The second-order valence-electron chi connectivity index (χ2n) is 9.15. The van der Waals surface area contributed by atoms with Crippen molar-refractivity contribution in [3.8, 4) is 21.9 Å². The number of ether oxygens (including phenoxy) is 2. The summed E-state index contributed by atoms with van der Waals surface area (Å²) in [7, 11) is 1.81. The van der Waals surface area contributed by atoms with Crippen LogP contribution in [0.15, 0.2) is 60.0 Å². The molecule has 6 rings (SSSR count). The highest BCUT2D eigenvalue weighted by Gasteiger charge is 2.29. The van der Waals surface area contributed by atoms with Gasteiger partial charge in [-0.1, -0.05) is 30.3 Å². The second-order valence-corrected chi connectivity index (χ2v) is 10.1. The highest BCUT2D eigenvalue weighted by Crippen LogP contribution is 2.43. The number of fused-ring (bicyclic) bond motifs is 2. The molecule has 4 aromatic rings. The molecule has 3 heterocycles. The molecule has 2 aromatic heterocycles. The number of hydrogen-bond donors (Lipinski definition) is 0. The van der Waals surface area contributed by atoms with Crippen molar-refractivity contribution in [2.24, 2.45) is 7.05 Å². The van der Waals surface area contributed by atoms with E-state index in [0.717, 1.165) is 46.0 Å². The predicted molar refractivity (Wildman–Crippen MR) is 136 cm³/mol. The Hall–Kier alpha value is -3.58. The molecule has 6 nitrogen and oxygen atoms in total. The van der Waals surface area contributed by atoms with Crippen molar-refractivity contribution in [1.29, 1.82) is 0 Å². The topological polar surface area (TPSA) is 56.6 Å². The molecule has 178 valence electrons. The molecule has 0 spiro atoms. The van der Waals surface area contributed by atoms with E-state index >= 15 is 0 Å². The Morgan fingerprint density at radius 1 is 1.14 bits per heavy atom. The predicted octanol–water partition coefficient (Wildman–Crippen LogP) is 5.56. The van der Waals surface area contributed by atoms with Gasteiger partial charge in [0.1, 0.15) is 18.4 Å². The number of nitrogens with zero attached hydrogens (tertiary/aromatic N) is 3. The lowest BCUT2D eigenvalue weighted by Crippen LogP contribution is -2.33. The fourth-order valence-electron chi connectivity index (χ4n) is 5.10. The number of aryl methyl sites for hydroxylation is 3. The maximum atomic E-state index is 13.4. The Morgan fingerprint density at radius 2 is 2.03 bits per heavy atom. The number of hydrogen-bond acceptors (Lipinski definition) is 5. The summed E-state index contributed by atoms with van der Waals surface area (Å²) in [6.45, 7) is 3.26. The van der Waals surface area contributed by atoms with Crippen LogP contribution in [0, 0.1) is 6.92 Å². The molecule has 0 bridgehead atoms. The van der Waals surface area contributed by atoms with Gasteiger partial charge in [0.2, 0.25) is 0 Å². The lowest BCUT2D eigenvalue weighted by Gasteiger charge is -2.21. The minimum atomic E-state index is -0.0433. The second kappa shape index (κ2) is 8.89. The van der Waals surface area contributed by atoms with Gasteiger partial charge in [0.25, 0.3) is 5.91 Å². The highest BCUT2D eigenvalue weighted by molar-refractivity contribution is 7.13. The van der Waals surface area contributed by atoms with E-state index in [0.29, 0.717) is 25.4 Å². The third-order valence-corrected chi connectivity index (χ3v) is 7.68. The van der Waals surface area contributed by atoms with Crippen LogP contribution in [0.2, 0.25) is 0 Å². The molecule has 35 heavy (non-hydrogen) atoms. The van der Waals surface area contributed by atoms with E-state index in [9.17, 15) is 4.79 Å². The Balaban J connectivity index is 1.38. The quantitative estimate of drug-likeness (QED) is 0.380. The molecule has 1 aliphatic heterocycles. The van der Waals surface area contributed by atoms with E-state index in [2.05, 4.69) is 59.0 Å². The van der Waals surface area contributed by atoms with Crippen LogP contribution in [0.1, 0.15) is 45.4 Å². The molecule has 0 N–H and O–H groups in total. The van der Waals surface area contributed by atoms with Gasteiger partial charge in [-0.2, -0.15) is 5.10 Å². The summed E-state index contributed by atoms with van der Waals surface area (Å²) in [5, 5.41) is 6.43. The average Bonchev–Trinajstić information content (AvgIpc) is 3.56. The average molecular weight is 486 g/mol. The monoisotopic (exact) mass is 485 g/mol. The van der Waals surface area contributed by atoms with Crippen molar-refractivity contribution >= 4 is 17.2 Å². The van der Waals surface area contributed by atoms with Crippen LogP contribution in [0.4, 0.5) is 0 Å². The molecule has 7 heteroatoms. The molecule has 1 aliphatic carbocycles.